The van der Waals surface area contributed by atoms with Gasteiger partial charge in [0.1, 0.15) is 0 Å². The van der Waals surface area contributed by atoms with Crippen molar-refractivity contribution in [3.8, 4) is 0 Å². The zero-order valence-corrected chi connectivity index (χ0v) is 8.04. The molecule has 1 rings (SSSR count). The minimum atomic E-state index is -0.741. The Bertz CT molecular complexity index is 417. The van der Waals surface area contributed by atoms with Gasteiger partial charge in [-0.05, 0) is 13.0 Å². The molecule has 0 aliphatic carbocycles. The molecule has 0 saturated carbocycles. The number of nitrogens with zero attached hydrogens (tertiary/aromatic N) is 1. The van der Waals surface area contributed by atoms with Gasteiger partial charge in [0.15, 0.2) is 0 Å². The molecule has 0 unspecified atom stereocenters. The van der Waals surface area contributed by atoms with Gasteiger partial charge < -0.3 is 5.73 Å². The highest BCUT2D eigenvalue weighted by atomic mass is 35.5. The first-order valence-corrected chi connectivity index (χ1v) is 4.05. The molecule has 0 aromatic heterocycles. The van der Waals surface area contributed by atoms with E-state index in [2.05, 4.69) is 0 Å². The fourth-order valence-corrected chi connectivity index (χ4v) is 1.21. The first-order chi connectivity index (χ1) is 6.43. The monoisotopic (exact) mass is 214 g/mol. The van der Waals surface area contributed by atoms with Crippen molar-refractivity contribution >= 4 is 23.2 Å². The van der Waals surface area contributed by atoms with Crippen LogP contribution >= 0.6 is 11.6 Å². The number of nitrogens with two attached hydrogens (primary N) is 1. The zero-order chi connectivity index (χ0) is 10.9. The molecule has 14 heavy (non-hydrogen) atoms. The van der Waals surface area contributed by atoms with E-state index in [1.807, 2.05) is 0 Å². The fourth-order valence-electron chi connectivity index (χ4n) is 0.996. The molecule has 1 aromatic rings. The third-order valence-corrected chi connectivity index (χ3v) is 2.19. The van der Waals surface area contributed by atoms with E-state index >= 15 is 0 Å². The highest BCUT2D eigenvalue weighted by molar-refractivity contribution is 6.32. The predicted molar refractivity (Wildman–Crippen MR) is 51.4 cm³/mol. The van der Waals surface area contributed by atoms with Crippen molar-refractivity contribution in [2.75, 3.05) is 0 Å². The molecule has 1 amide bonds. The maximum atomic E-state index is 10.8. The van der Waals surface area contributed by atoms with Gasteiger partial charge in [0, 0.05) is 17.2 Å². The Labute approximate surface area is 84.6 Å². The number of hydrogen-bond donors (Lipinski definition) is 1. The fraction of sp³-hybridized carbons (Fsp3) is 0.125. The number of nitro groups is 1. The number of carbonyl (C=O) groups excluding carboxylic acids is 1. The summed E-state index contributed by atoms with van der Waals surface area (Å²) in [5, 5.41) is 10.7. The van der Waals surface area contributed by atoms with Crippen LogP contribution in [0, 0.1) is 17.0 Å². The van der Waals surface area contributed by atoms with Crippen LogP contribution in [0.5, 0.6) is 0 Å². The van der Waals surface area contributed by atoms with Gasteiger partial charge in [0.25, 0.3) is 5.69 Å². The molecule has 0 saturated heterocycles. The number of hydrogen-bond acceptors (Lipinski definition) is 3. The van der Waals surface area contributed by atoms with Crippen LogP contribution in [-0.2, 0) is 0 Å². The second kappa shape index (κ2) is 3.63. The summed E-state index contributed by atoms with van der Waals surface area (Å²) in [6.07, 6.45) is 0. The van der Waals surface area contributed by atoms with Crippen LogP contribution in [0.15, 0.2) is 12.1 Å². The lowest BCUT2D eigenvalue weighted by molar-refractivity contribution is -0.385. The molecule has 0 aliphatic heterocycles. The van der Waals surface area contributed by atoms with E-state index in [0.717, 1.165) is 6.07 Å². The summed E-state index contributed by atoms with van der Waals surface area (Å²) in [5.74, 6) is -0.741. The van der Waals surface area contributed by atoms with Gasteiger partial charge in [-0.25, -0.2) is 0 Å². The quantitative estimate of drug-likeness (QED) is 0.600. The molecule has 5 nitrogen and oxygen atoms in total. The van der Waals surface area contributed by atoms with Gasteiger partial charge in [-0.15, -0.1) is 0 Å². The Balaban J connectivity index is 3.43. The molecule has 0 aliphatic rings. The summed E-state index contributed by atoms with van der Waals surface area (Å²) >= 11 is 5.69. The molecule has 0 fully saturated rings. The minimum Gasteiger partial charge on any atom is -0.366 e. The first kappa shape index (κ1) is 10.5. The van der Waals surface area contributed by atoms with Gasteiger partial charge in [0.05, 0.1) is 9.95 Å². The zero-order valence-electron chi connectivity index (χ0n) is 7.28. The summed E-state index contributed by atoms with van der Waals surface area (Å²) in [5.41, 5.74) is 5.13. The smallest absolute Gasteiger partial charge is 0.274 e. The van der Waals surface area contributed by atoms with Crippen molar-refractivity contribution in [2.45, 2.75) is 6.92 Å². The van der Waals surface area contributed by atoms with Crippen LogP contribution in [0.2, 0.25) is 5.02 Å². The molecule has 0 radical (unpaired) electrons. The summed E-state index contributed by atoms with van der Waals surface area (Å²) in [6, 6.07) is 2.43. The standard InChI is InChI=1S/C8H7ClN2O3/c1-4-6(9)2-5(8(10)12)3-7(4)11(13)14/h2-3H,1H3,(H2,10,12). The van der Waals surface area contributed by atoms with Crippen molar-refractivity contribution < 1.29 is 9.72 Å². The van der Waals surface area contributed by atoms with Crippen molar-refractivity contribution in [1.29, 1.82) is 0 Å². The Morgan fingerprint density at radius 2 is 2.14 bits per heavy atom. The molecule has 0 atom stereocenters. The molecule has 0 bridgehead atoms. The highest BCUT2D eigenvalue weighted by Gasteiger charge is 2.16. The third kappa shape index (κ3) is 1.82. The number of benzene rings is 1. The number of primary amides is 1. The number of rotatable bonds is 2. The van der Waals surface area contributed by atoms with Crippen LogP contribution in [0.3, 0.4) is 0 Å². The van der Waals surface area contributed by atoms with Crippen molar-refractivity contribution in [1.82, 2.24) is 0 Å². The number of carbonyl (C=O) groups is 1. The Hall–Kier alpha value is -1.62. The van der Waals surface area contributed by atoms with Crippen LogP contribution in [-0.4, -0.2) is 10.8 Å². The average molecular weight is 215 g/mol. The van der Waals surface area contributed by atoms with Crippen LogP contribution in [0.25, 0.3) is 0 Å². The van der Waals surface area contributed by atoms with E-state index in [1.165, 1.54) is 13.0 Å². The van der Waals surface area contributed by atoms with Gasteiger partial charge in [-0.3, -0.25) is 14.9 Å². The van der Waals surface area contributed by atoms with Crippen molar-refractivity contribution in [2.24, 2.45) is 5.73 Å². The average Bonchev–Trinajstić information content (AvgIpc) is 2.08. The number of nitro benzene ring substituents is 1. The number of amides is 1. The SMILES string of the molecule is Cc1c(Cl)cc(C(N)=O)cc1[N+](=O)[O-]. The molecule has 2 N–H and O–H groups in total. The Morgan fingerprint density at radius 3 is 2.57 bits per heavy atom. The second-order valence-electron chi connectivity index (χ2n) is 2.72. The molecule has 74 valence electrons. The summed E-state index contributed by atoms with van der Waals surface area (Å²) in [7, 11) is 0. The van der Waals surface area contributed by atoms with Crippen LogP contribution in [0.4, 0.5) is 5.69 Å². The van der Waals surface area contributed by atoms with E-state index in [-0.39, 0.29) is 16.3 Å². The largest absolute Gasteiger partial charge is 0.366 e. The lowest BCUT2D eigenvalue weighted by Gasteiger charge is -2.01. The van der Waals surface area contributed by atoms with Gasteiger partial charge in [-0.2, -0.15) is 0 Å². The van der Waals surface area contributed by atoms with E-state index in [4.69, 9.17) is 17.3 Å². The molecule has 6 heteroatoms. The highest BCUT2D eigenvalue weighted by Crippen LogP contribution is 2.27. The Kier molecular flexibility index (Phi) is 2.71. The maximum Gasteiger partial charge on any atom is 0.274 e. The topological polar surface area (TPSA) is 86.2 Å². The lowest BCUT2D eigenvalue weighted by atomic mass is 10.1. The third-order valence-electron chi connectivity index (χ3n) is 1.80. The van der Waals surface area contributed by atoms with Gasteiger partial charge >= 0.3 is 0 Å². The molecule has 0 heterocycles. The second-order valence-corrected chi connectivity index (χ2v) is 3.13. The van der Waals surface area contributed by atoms with E-state index in [0.29, 0.717) is 5.56 Å². The van der Waals surface area contributed by atoms with E-state index in [1.54, 1.807) is 0 Å². The molecule has 0 spiro atoms. The summed E-state index contributed by atoms with van der Waals surface area (Å²) in [4.78, 5) is 20.7. The minimum absolute atomic E-state index is 0.0345. The predicted octanol–water partition coefficient (Wildman–Crippen LogP) is 1.66. The van der Waals surface area contributed by atoms with Crippen LogP contribution in [0.1, 0.15) is 15.9 Å². The van der Waals surface area contributed by atoms with Crippen LogP contribution < -0.4 is 5.73 Å². The van der Waals surface area contributed by atoms with Gasteiger partial charge in [0.2, 0.25) is 5.91 Å². The molecule has 1 aromatic carbocycles. The molecular weight excluding hydrogens is 208 g/mol. The summed E-state index contributed by atoms with van der Waals surface area (Å²) in [6.45, 7) is 1.51. The molecular formula is C8H7ClN2O3. The Morgan fingerprint density at radius 1 is 1.57 bits per heavy atom. The summed E-state index contributed by atoms with van der Waals surface area (Å²) < 4.78 is 0. The van der Waals surface area contributed by atoms with E-state index in [9.17, 15) is 14.9 Å². The van der Waals surface area contributed by atoms with Gasteiger partial charge in [-0.1, -0.05) is 11.6 Å². The first-order valence-electron chi connectivity index (χ1n) is 3.68. The van der Waals surface area contributed by atoms with Crippen molar-refractivity contribution in [3.05, 3.63) is 38.4 Å². The maximum absolute atomic E-state index is 10.8. The van der Waals surface area contributed by atoms with E-state index < -0.39 is 10.8 Å². The number of halogens is 1. The van der Waals surface area contributed by atoms with Crippen molar-refractivity contribution in [3.63, 3.8) is 0 Å². The normalized spacial score (nSPS) is 9.86. The lowest BCUT2D eigenvalue weighted by Crippen LogP contribution is -2.11.